The van der Waals surface area contributed by atoms with Gasteiger partial charge in [0.25, 0.3) is 5.91 Å². The van der Waals surface area contributed by atoms with Gasteiger partial charge in [-0.2, -0.15) is 0 Å². The number of hydrogen-bond donors (Lipinski definition) is 1. The van der Waals surface area contributed by atoms with E-state index in [1.165, 1.54) is 0 Å². The Morgan fingerprint density at radius 1 is 0.964 bits per heavy atom. The van der Waals surface area contributed by atoms with E-state index < -0.39 is 0 Å². The zero-order valence-corrected chi connectivity index (χ0v) is 15.7. The number of benzene rings is 2. The van der Waals surface area contributed by atoms with Gasteiger partial charge >= 0.3 is 0 Å². The van der Waals surface area contributed by atoms with Crippen molar-refractivity contribution in [2.24, 2.45) is 0 Å². The molecule has 1 aliphatic rings. The second-order valence-electron chi connectivity index (χ2n) is 7.01. The Morgan fingerprint density at radius 3 is 2.50 bits per heavy atom. The van der Waals surface area contributed by atoms with Gasteiger partial charge in [-0.15, -0.1) is 0 Å². The Balaban J connectivity index is 1.44. The molecule has 1 aliphatic heterocycles. The van der Waals surface area contributed by atoms with Crippen LogP contribution < -0.4 is 5.32 Å². The van der Waals surface area contributed by atoms with Crippen LogP contribution in [0.4, 0.5) is 0 Å². The Morgan fingerprint density at radius 2 is 1.75 bits per heavy atom. The third-order valence-corrected chi connectivity index (χ3v) is 5.10. The van der Waals surface area contributed by atoms with Gasteiger partial charge in [0.15, 0.2) is 0 Å². The molecule has 0 spiro atoms. The molecule has 5 heteroatoms. The molecule has 1 aromatic heterocycles. The molecule has 0 unspecified atom stereocenters. The van der Waals surface area contributed by atoms with E-state index >= 15 is 0 Å². The van der Waals surface area contributed by atoms with E-state index in [2.05, 4.69) is 5.32 Å². The van der Waals surface area contributed by atoms with Gasteiger partial charge < -0.3 is 14.8 Å². The molecule has 0 aliphatic carbocycles. The van der Waals surface area contributed by atoms with Crippen molar-refractivity contribution in [2.75, 3.05) is 6.54 Å². The van der Waals surface area contributed by atoms with Crippen LogP contribution in [0.5, 0.6) is 0 Å². The van der Waals surface area contributed by atoms with Crippen LogP contribution in [0.1, 0.15) is 34.3 Å². The molecule has 0 atom stereocenters. The average molecular weight is 373 g/mol. The highest BCUT2D eigenvalue weighted by Gasteiger charge is 2.21. The summed E-state index contributed by atoms with van der Waals surface area (Å²) in [7, 11) is 0. The molecule has 0 saturated carbocycles. The Hall–Kier alpha value is -3.34. The summed E-state index contributed by atoms with van der Waals surface area (Å²) < 4.78 is 1.97. The van der Waals surface area contributed by atoms with Crippen molar-refractivity contribution in [1.29, 1.82) is 0 Å². The highest BCUT2D eigenvalue weighted by molar-refractivity contribution is 5.94. The lowest BCUT2D eigenvalue weighted by molar-refractivity contribution is -0.128. The molecule has 2 aromatic carbocycles. The number of nitrogens with one attached hydrogen (secondary N) is 1. The maximum atomic E-state index is 12.7. The topological polar surface area (TPSA) is 54.3 Å². The van der Waals surface area contributed by atoms with Crippen molar-refractivity contribution in [3.05, 3.63) is 89.7 Å². The maximum absolute atomic E-state index is 12.7. The van der Waals surface area contributed by atoms with Gasteiger partial charge in [0.2, 0.25) is 5.91 Å². The molecular weight excluding hydrogens is 350 g/mol. The zero-order chi connectivity index (χ0) is 19.3. The number of nitrogens with zero attached hydrogens (tertiary/aromatic N) is 2. The van der Waals surface area contributed by atoms with Crippen LogP contribution in [-0.2, 0) is 17.9 Å². The van der Waals surface area contributed by atoms with Crippen LogP contribution >= 0.6 is 0 Å². The van der Waals surface area contributed by atoms with E-state index in [0.717, 1.165) is 29.8 Å². The van der Waals surface area contributed by atoms with Crippen LogP contribution in [0.3, 0.4) is 0 Å². The smallest absolute Gasteiger partial charge is 0.251 e. The predicted octanol–water partition coefficient (Wildman–Crippen LogP) is 3.53. The van der Waals surface area contributed by atoms with Gasteiger partial charge in [-0.05, 0) is 47.9 Å². The summed E-state index contributed by atoms with van der Waals surface area (Å²) in [6, 6.07) is 19.4. The molecule has 3 aromatic rings. The van der Waals surface area contributed by atoms with E-state index in [1.807, 2.05) is 82.5 Å². The standard InChI is InChI=1S/C23H23N3O2/c27-22-11-6-14-26(22)17-20-8-2-1-7-19(20)16-24-23(28)18-9-5-10-21(15-18)25-12-3-4-13-25/h1-5,7-10,12-13,15H,6,11,14,16-17H2,(H,24,28). The van der Waals surface area contributed by atoms with Gasteiger partial charge in [0.05, 0.1) is 0 Å². The lowest BCUT2D eigenvalue weighted by Gasteiger charge is -2.18. The number of hydrogen-bond acceptors (Lipinski definition) is 2. The molecule has 1 saturated heterocycles. The molecule has 5 nitrogen and oxygen atoms in total. The molecule has 2 heterocycles. The summed E-state index contributed by atoms with van der Waals surface area (Å²) >= 11 is 0. The molecular formula is C23H23N3O2. The van der Waals surface area contributed by atoms with Crippen LogP contribution in [0.2, 0.25) is 0 Å². The molecule has 142 valence electrons. The molecule has 1 N–H and O–H groups in total. The SMILES string of the molecule is O=C(NCc1ccccc1CN1CCCC1=O)c1cccc(-n2cccc2)c1. The predicted molar refractivity (Wildman–Crippen MR) is 108 cm³/mol. The third kappa shape index (κ3) is 3.98. The van der Waals surface area contributed by atoms with Crippen molar-refractivity contribution in [3.8, 4) is 5.69 Å². The number of amides is 2. The lowest BCUT2D eigenvalue weighted by atomic mass is 10.1. The van der Waals surface area contributed by atoms with E-state index in [4.69, 9.17) is 0 Å². The number of aromatic nitrogens is 1. The average Bonchev–Trinajstić information content (AvgIpc) is 3.40. The van der Waals surface area contributed by atoms with Crippen molar-refractivity contribution < 1.29 is 9.59 Å². The highest BCUT2D eigenvalue weighted by Crippen LogP contribution is 2.17. The second kappa shape index (κ2) is 8.13. The van der Waals surface area contributed by atoms with Crippen molar-refractivity contribution in [3.63, 3.8) is 0 Å². The first-order valence-electron chi connectivity index (χ1n) is 9.57. The summed E-state index contributed by atoms with van der Waals surface area (Å²) in [6.07, 6.45) is 5.46. The molecule has 0 bridgehead atoms. The molecule has 4 rings (SSSR count). The van der Waals surface area contributed by atoms with Gasteiger partial charge in [0, 0.05) is 49.7 Å². The first-order valence-corrected chi connectivity index (χ1v) is 9.57. The fourth-order valence-electron chi connectivity index (χ4n) is 3.55. The quantitative estimate of drug-likeness (QED) is 0.719. The van der Waals surface area contributed by atoms with Crippen LogP contribution in [-0.4, -0.2) is 27.8 Å². The first kappa shape index (κ1) is 18.0. The van der Waals surface area contributed by atoms with Crippen molar-refractivity contribution in [1.82, 2.24) is 14.8 Å². The molecule has 0 radical (unpaired) electrons. The number of likely N-dealkylation sites (tertiary alicyclic amines) is 1. The van der Waals surface area contributed by atoms with Crippen LogP contribution in [0.15, 0.2) is 73.1 Å². The van der Waals surface area contributed by atoms with Crippen LogP contribution in [0, 0.1) is 0 Å². The van der Waals surface area contributed by atoms with E-state index in [0.29, 0.717) is 25.1 Å². The van der Waals surface area contributed by atoms with E-state index in [1.54, 1.807) is 0 Å². The Bertz CT molecular complexity index is 979. The fraction of sp³-hybridized carbons (Fsp3) is 0.217. The summed E-state index contributed by atoms with van der Waals surface area (Å²) in [6.45, 7) is 1.85. The summed E-state index contributed by atoms with van der Waals surface area (Å²) in [4.78, 5) is 26.5. The minimum atomic E-state index is -0.110. The van der Waals surface area contributed by atoms with Crippen molar-refractivity contribution in [2.45, 2.75) is 25.9 Å². The largest absolute Gasteiger partial charge is 0.348 e. The molecule has 1 fully saturated rings. The van der Waals surface area contributed by atoms with E-state index in [9.17, 15) is 9.59 Å². The minimum Gasteiger partial charge on any atom is -0.348 e. The Labute approximate surface area is 164 Å². The monoisotopic (exact) mass is 373 g/mol. The molecule has 2 amide bonds. The Kier molecular flexibility index (Phi) is 5.24. The minimum absolute atomic E-state index is 0.110. The van der Waals surface area contributed by atoms with Gasteiger partial charge in [-0.25, -0.2) is 0 Å². The second-order valence-corrected chi connectivity index (χ2v) is 7.01. The number of rotatable bonds is 6. The maximum Gasteiger partial charge on any atom is 0.251 e. The normalized spacial score (nSPS) is 13.7. The van der Waals surface area contributed by atoms with Crippen molar-refractivity contribution >= 4 is 11.8 Å². The zero-order valence-electron chi connectivity index (χ0n) is 15.7. The molecule has 28 heavy (non-hydrogen) atoms. The summed E-state index contributed by atoms with van der Waals surface area (Å²) in [5.41, 5.74) is 3.69. The van der Waals surface area contributed by atoms with Gasteiger partial charge in [-0.3, -0.25) is 9.59 Å². The van der Waals surface area contributed by atoms with Gasteiger partial charge in [0.1, 0.15) is 0 Å². The lowest BCUT2D eigenvalue weighted by Crippen LogP contribution is -2.26. The highest BCUT2D eigenvalue weighted by atomic mass is 16.2. The summed E-state index contributed by atoms with van der Waals surface area (Å²) in [5, 5.41) is 3.01. The number of carbonyl (C=O) groups is 2. The van der Waals surface area contributed by atoms with E-state index in [-0.39, 0.29) is 11.8 Å². The number of carbonyl (C=O) groups excluding carboxylic acids is 2. The third-order valence-electron chi connectivity index (χ3n) is 5.10. The first-order chi connectivity index (χ1) is 13.7. The van der Waals surface area contributed by atoms with Gasteiger partial charge in [-0.1, -0.05) is 30.3 Å². The summed E-state index contributed by atoms with van der Waals surface area (Å²) in [5.74, 6) is 0.0988. The fourth-order valence-corrected chi connectivity index (χ4v) is 3.55. The van der Waals surface area contributed by atoms with Crippen LogP contribution in [0.25, 0.3) is 5.69 Å².